The average Bonchev–Trinajstić information content (AvgIpc) is 2.53. The monoisotopic (exact) mass is 403 g/mol. The summed E-state index contributed by atoms with van der Waals surface area (Å²) in [6.45, 7) is -0.897. The van der Waals surface area contributed by atoms with Crippen molar-refractivity contribution in [2.45, 2.75) is 4.90 Å². The van der Waals surface area contributed by atoms with Gasteiger partial charge in [0.2, 0.25) is 0 Å². The number of carboxylic acid groups (broad SMARTS) is 2. The zero-order chi connectivity index (χ0) is 18.8. The molecule has 0 aliphatic heterocycles. The van der Waals surface area contributed by atoms with Crippen LogP contribution in [0, 0.1) is 0 Å². The molecule has 0 amide bonds. The van der Waals surface area contributed by atoms with Crippen LogP contribution < -0.4 is 4.31 Å². The van der Waals surface area contributed by atoms with Gasteiger partial charge in [0.15, 0.2) is 0 Å². The Morgan fingerprint density at radius 3 is 2.12 bits per heavy atom. The first-order chi connectivity index (χ1) is 11.6. The van der Waals surface area contributed by atoms with E-state index < -0.39 is 28.5 Å². The minimum absolute atomic E-state index is 0.101. The van der Waals surface area contributed by atoms with Crippen LogP contribution in [0.1, 0.15) is 10.4 Å². The van der Waals surface area contributed by atoms with Crippen LogP contribution in [-0.4, -0.2) is 37.1 Å². The molecule has 2 N–H and O–H groups in total. The maximum absolute atomic E-state index is 12.8. The second-order valence-electron chi connectivity index (χ2n) is 4.83. The average molecular weight is 404 g/mol. The zero-order valence-electron chi connectivity index (χ0n) is 12.4. The van der Waals surface area contributed by atoms with Crippen LogP contribution in [0.3, 0.4) is 0 Å². The molecule has 0 aliphatic carbocycles. The van der Waals surface area contributed by atoms with E-state index in [1.54, 1.807) is 0 Å². The summed E-state index contributed by atoms with van der Waals surface area (Å²) in [5.74, 6) is -2.78. The number of hydrogen-bond acceptors (Lipinski definition) is 4. The van der Waals surface area contributed by atoms with E-state index in [1.807, 2.05) is 0 Å². The second-order valence-corrected chi connectivity index (χ2v) is 7.53. The summed E-state index contributed by atoms with van der Waals surface area (Å²) in [6, 6.07) is 8.55. The van der Waals surface area contributed by atoms with Gasteiger partial charge in [-0.3, -0.25) is 9.10 Å². The molecule has 0 spiro atoms. The van der Waals surface area contributed by atoms with E-state index in [0.29, 0.717) is 9.33 Å². The Labute approximate surface area is 153 Å². The fourth-order valence-electron chi connectivity index (χ4n) is 2.00. The van der Waals surface area contributed by atoms with Gasteiger partial charge in [-0.1, -0.05) is 23.2 Å². The van der Waals surface area contributed by atoms with Crippen molar-refractivity contribution >= 4 is 50.9 Å². The first-order valence-electron chi connectivity index (χ1n) is 6.66. The highest BCUT2D eigenvalue weighted by Crippen LogP contribution is 2.28. The van der Waals surface area contributed by atoms with Gasteiger partial charge >= 0.3 is 11.9 Å². The number of rotatable bonds is 6. The molecule has 7 nitrogen and oxygen atoms in total. The van der Waals surface area contributed by atoms with Crippen molar-refractivity contribution in [2.75, 3.05) is 10.8 Å². The minimum Gasteiger partial charge on any atom is -0.480 e. The van der Waals surface area contributed by atoms with Gasteiger partial charge in [-0.05, 0) is 42.5 Å². The first kappa shape index (κ1) is 19.0. The van der Waals surface area contributed by atoms with Crippen LogP contribution >= 0.6 is 23.2 Å². The molecule has 0 saturated heterocycles. The van der Waals surface area contributed by atoms with Gasteiger partial charge in [0.1, 0.15) is 6.54 Å². The van der Waals surface area contributed by atoms with Crippen LogP contribution in [0.25, 0.3) is 0 Å². The van der Waals surface area contributed by atoms with Crippen LogP contribution in [0.4, 0.5) is 5.69 Å². The Kier molecular flexibility index (Phi) is 5.56. The summed E-state index contributed by atoms with van der Waals surface area (Å²) in [5, 5.41) is 18.4. The quantitative estimate of drug-likeness (QED) is 0.766. The van der Waals surface area contributed by atoms with Crippen molar-refractivity contribution in [1.29, 1.82) is 0 Å². The van der Waals surface area contributed by atoms with Gasteiger partial charge in [-0.15, -0.1) is 0 Å². The van der Waals surface area contributed by atoms with Crippen LogP contribution in [0.5, 0.6) is 0 Å². The topological polar surface area (TPSA) is 112 Å². The summed E-state index contributed by atoms with van der Waals surface area (Å²) in [4.78, 5) is 22.1. The minimum atomic E-state index is -4.26. The van der Waals surface area contributed by atoms with Crippen molar-refractivity contribution in [1.82, 2.24) is 0 Å². The third-order valence-corrected chi connectivity index (χ3v) is 5.52. The maximum atomic E-state index is 12.8. The van der Waals surface area contributed by atoms with Gasteiger partial charge in [0.25, 0.3) is 10.0 Å². The molecule has 2 aromatic rings. The highest BCUT2D eigenvalue weighted by atomic mass is 35.5. The van der Waals surface area contributed by atoms with E-state index in [1.165, 1.54) is 36.4 Å². The van der Waals surface area contributed by atoms with Crippen LogP contribution in [0.15, 0.2) is 47.4 Å². The van der Waals surface area contributed by atoms with Gasteiger partial charge in [-0.2, -0.15) is 0 Å². The molecule has 2 aromatic carbocycles. The number of nitrogens with zero attached hydrogens (tertiary/aromatic N) is 1. The lowest BCUT2D eigenvalue weighted by atomic mass is 10.2. The molecule has 2 rings (SSSR count). The lowest BCUT2D eigenvalue weighted by molar-refractivity contribution is -0.135. The third kappa shape index (κ3) is 4.22. The van der Waals surface area contributed by atoms with E-state index in [2.05, 4.69) is 0 Å². The number of halogens is 2. The standard InChI is InChI=1S/C15H11Cl2NO6S/c16-9-1-4-11(5-2-9)25(23,24)18(8-14(19)20)10-3-6-13(17)12(7-10)15(21)22/h1-7H,8H2,(H,19,20)(H,21,22). The number of aliphatic carboxylic acids is 1. The molecule has 0 aromatic heterocycles. The maximum Gasteiger partial charge on any atom is 0.337 e. The molecule has 10 heteroatoms. The fraction of sp³-hybridized carbons (Fsp3) is 0.0667. The Morgan fingerprint density at radius 1 is 1.00 bits per heavy atom. The molecule has 132 valence electrons. The Balaban J connectivity index is 2.60. The predicted octanol–water partition coefficient (Wildman–Crippen LogP) is 2.97. The highest BCUT2D eigenvalue weighted by Gasteiger charge is 2.28. The molecule has 0 unspecified atom stereocenters. The predicted molar refractivity (Wildman–Crippen MR) is 92.0 cm³/mol. The largest absolute Gasteiger partial charge is 0.480 e. The molecular formula is C15H11Cl2NO6S. The fourth-order valence-corrected chi connectivity index (χ4v) is 3.73. The lowest BCUT2D eigenvalue weighted by Gasteiger charge is -2.23. The van der Waals surface area contributed by atoms with Crippen LogP contribution in [0.2, 0.25) is 10.0 Å². The lowest BCUT2D eigenvalue weighted by Crippen LogP contribution is -2.35. The second kappa shape index (κ2) is 7.30. The number of anilines is 1. The number of carbonyl (C=O) groups is 2. The summed E-state index contributed by atoms with van der Waals surface area (Å²) in [6.07, 6.45) is 0. The molecule has 0 radical (unpaired) electrons. The Morgan fingerprint density at radius 2 is 1.60 bits per heavy atom. The van der Waals surface area contributed by atoms with E-state index in [4.69, 9.17) is 33.4 Å². The SMILES string of the molecule is O=C(O)CN(c1ccc(Cl)c(C(=O)O)c1)S(=O)(=O)c1ccc(Cl)cc1. The number of aromatic carboxylic acids is 1. The normalized spacial score (nSPS) is 11.1. The van der Waals surface area contributed by atoms with Crippen LogP contribution in [-0.2, 0) is 14.8 Å². The number of benzene rings is 2. The van der Waals surface area contributed by atoms with E-state index in [0.717, 1.165) is 6.07 Å². The van der Waals surface area contributed by atoms with Crippen molar-refractivity contribution in [3.8, 4) is 0 Å². The van der Waals surface area contributed by atoms with Crippen molar-refractivity contribution < 1.29 is 28.2 Å². The summed E-state index contributed by atoms with van der Waals surface area (Å²) in [7, 11) is -4.26. The summed E-state index contributed by atoms with van der Waals surface area (Å²) < 4.78 is 26.2. The van der Waals surface area contributed by atoms with Gasteiger partial charge in [0, 0.05) is 5.02 Å². The van der Waals surface area contributed by atoms with Crippen molar-refractivity contribution in [2.24, 2.45) is 0 Å². The number of hydrogen-bond donors (Lipinski definition) is 2. The van der Waals surface area contributed by atoms with E-state index in [-0.39, 0.29) is 21.2 Å². The molecule has 0 saturated carbocycles. The smallest absolute Gasteiger partial charge is 0.337 e. The molecule has 0 bridgehead atoms. The third-order valence-electron chi connectivity index (χ3n) is 3.15. The number of sulfonamides is 1. The van der Waals surface area contributed by atoms with E-state index >= 15 is 0 Å². The molecule has 0 aliphatic rings. The van der Waals surface area contributed by atoms with Crippen molar-refractivity contribution in [3.05, 3.63) is 58.1 Å². The summed E-state index contributed by atoms with van der Waals surface area (Å²) >= 11 is 11.5. The molecule has 25 heavy (non-hydrogen) atoms. The molecule has 0 fully saturated rings. The summed E-state index contributed by atoms with van der Waals surface area (Å²) in [5.41, 5.74) is -0.486. The highest BCUT2D eigenvalue weighted by molar-refractivity contribution is 7.92. The van der Waals surface area contributed by atoms with Crippen molar-refractivity contribution in [3.63, 3.8) is 0 Å². The van der Waals surface area contributed by atoms with Gasteiger partial charge in [-0.25, -0.2) is 13.2 Å². The first-order valence-corrected chi connectivity index (χ1v) is 8.85. The Bertz CT molecular complexity index is 928. The van der Waals surface area contributed by atoms with Gasteiger partial charge in [0.05, 0.1) is 21.2 Å². The zero-order valence-corrected chi connectivity index (χ0v) is 14.7. The Hall–Kier alpha value is -2.29. The molecule has 0 heterocycles. The molecular weight excluding hydrogens is 393 g/mol. The van der Waals surface area contributed by atoms with Gasteiger partial charge < -0.3 is 10.2 Å². The number of carboxylic acids is 2. The van der Waals surface area contributed by atoms with E-state index in [9.17, 15) is 18.0 Å². The molecule has 0 atom stereocenters.